The maximum atomic E-state index is 12.9. The van der Waals surface area contributed by atoms with E-state index in [-0.39, 0.29) is 5.69 Å². The maximum Gasteiger partial charge on any atom is 0.418 e. The summed E-state index contributed by atoms with van der Waals surface area (Å²) in [4.78, 5) is 24.1. The van der Waals surface area contributed by atoms with E-state index in [4.69, 9.17) is 0 Å². The lowest BCUT2D eigenvalue weighted by Crippen LogP contribution is -2.32. The van der Waals surface area contributed by atoms with Gasteiger partial charge in [-0.05, 0) is 32.0 Å². The van der Waals surface area contributed by atoms with Crippen molar-refractivity contribution in [2.75, 3.05) is 5.32 Å². The molecule has 0 aliphatic heterocycles. The van der Waals surface area contributed by atoms with Gasteiger partial charge in [0, 0.05) is 11.8 Å². The number of hydrogen-bond acceptors (Lipinski definition) is 2. The molecule has 1 heterocycles. The Balaban J connectivity index is 2.32. The predicted molar refractivity (Wildman–Crippen MR) is 80.2 cm³/mol. The van der Waals surface area contributed by atoms with Gasteiger partial charge in [0.25, 0.3) is 5.56 Å². The summed E-state index contributed by atoms with van der Waals surface area (Å²) in [5.74, 6) is -0.696. The average molecular weight is 324 g/mol. The minimum absolute atomic E-state index is 0.335. The quantitative estimate of drug-likeness (QED) is 0.941. The minimum Gasteiger partial charge on any atom is -0.324 e. The summed E-state index contributed by atoms with van der Waals surface area (Å²) in [5, 5.41) is 2.25. The number of halogens is 3. The first kappa shape index (κ1) is 16.8. The first-order chi connectivity index (χ1) is 10.7. The third-order valence-corrected chi connectivity index (χ3v) is 3.45. The highest BCUT2D eigenvalue weighted by molar-refractivity contribution is 5.94. The number of aryl methyl sites for hydroxylation is 1. The van der Waals surface area contributed by atoms with Gasteiger partial charge in [-0.25, -0.2) is 0 Å². The fraction of sp³-hybridized carbons (Fsp3) is 0.250. The number of alkyl halides is 3. The highest BCUT2D eigenvalue weighted by Gasteiger charge is 2.34. The maximum absolute atomic E-state index is 12.9. The molecular weight excluding hydrogens is 309 g/mol. The molecule has 0 saturated carbocycles. The topological polar surface area (TPSA) is 51.1 Å². The molecule has 2 rings (SSSR count). The number of hydrogen-bond donors (Lipinski definition) is 1. The Morgan fingerprint density at radius 2 is 1.78 bits per heavy atom. The molecule has 0 spiro atoms. The van der Waals surface area contributed by atoms with Crippen LogP contribution in [0.2, 0.25) is 0 Å². The van der Waals surface area contributed by atoms with Gasteiger partial charge in [-0.3, -0.25) is 9.59 Å². The molecule has 1 aromatic carbocycles. The molecule has 0 aliphatic rings. The smallest absolute Gasteiger partial charge is 0.324 e. The lowest BCUT2D eigenvalue weighted by Gasteiger charge is -2.19. The monoisotopic (exact) mass is 324 g/mol. The Morgan fingerprint density at radius 1 is 1.13 bits per heavy atom. The van der Waals surface area contributed by atoms with E-state index >= 15 is 0 Å². The summed E-state index contributed by atoms with van der Waals surface area (Å²) in [5.41, 5.74) is -1.11. The van der Waals surface area contributed by atoms with Crippen molar-refractivity contribution >= 4 is 11.6 Å². The second-order valence-corrected chi connectivity index (χ2v) is 5.08. The largest absolute Gasteiger partial charge is 0.418 e. The number of nitrogens with one attached hydrogen (secondary N) is 1. The first-order valence-electron chi connectivity index (χ1n) is 6.87. The van der Waals surface area contributed by atoms with E-state index in [1.165, 1.54) is 35.8 Å². The third-order valence-electron chi connectivity index (χ3n) is 3.45. The first-order valence-corrected chi connectivity index (χ1v) is 6.87. The minimum atomic E-state index is -4.58. The van der Waals surface area contributed by atoms with Gasteiger partial charge in [0.1, 0.15) is 6.04 Å². The van der Waals surface area contributed by atoms with E-state index in [0.29, 0.717) is 5.69 Å². The van der Waals surface area contributed by atoms with Crippen LogP contribution in [-0.2, 0) is 11.0 Å². The van der Waals surface area contributed by atoms with Crippen LogP contribution in [0.3, 0.4) is 0 Å². The van der Waals surface area contributed by atoms with Crippen LogP contribution in [-0.4, -0.2) is 10.5 Å². The second kappa shape index (κ2) is 6.28. The van der Waals surface area contributed by atoms with Crippen molar-refractivity contribution in [1.29, 1.82) is 0 Å². The molecule has 1 atom stereocenters. The number of anilines is 1. The van der Waals surface area contributed by atoms with Crippen molar-refractivity contribution in [3.63, 3.8) is 0 Å². The van der Waals surface area contributed by atoms with E-state index in [1.807, 2.05) is 0 Å². The summed E-state index contributed by atoms with van der Waals surface area (Å²) in [7, 11) is 0. The summed E-state index contributed by atoms with van der Waals surface area (Å²) in [6.07, 6.45) is -4.58. The SMILES string of the molecule is Cc1cccc(=O)n1C(C)C(=O)Nc1ccccc1C(F)(F)F. The summed E-state index contributed by atoms with van der Waals surface area (Å²) in [6, 6.07) is 8.26. The van der Waals surface area contributed by atoms with Gasteiger partial charge in [0.15, 0.2) is 0 Å². The molecule has 0 saturated heterocycles. The van der Waals surface area contributed by atoms with E-state index in [0.717, 1.165) is 6.07 Å². The number of para-hydroxylation sites is 1. The molecule has 4 nitrogen and oxygen atoms in total. The van der Waals surface area contributed by atoms with Crippen molar-refractivity contribution in [3.8, 4) is 0 Å². The van der Waals surface area contributed by atoms with Gasteiger partial charge >= 0.3 is 6.18 Å². The number of benzene rings is 1. The van der Waals surface area contributed by atoms with E-state index < -0.39 is 29.2 Å². The Labute approximate surface area is 130 Å². The normalized spacial score (nSPS) is 12.7. The van der Waals surface area contributed by atoms with Gasteiger partial charge in [0.2, 0.25) is 5.91 Å². The lowest BCUT2D eigenvalue weighted by molar-refractivity contribution is -0.137. The molecule has 0 aliphatic carbocycles. The van der Waals surface area contributed by atoms with Crippen LogP contribution in [0.1, 0.15) is 24.2 Å². The molecule has 23 heavy (non-hydrogen) atoms. The Morgan fingerprint density at radius 3 is 2.39 bits per heavy atom. The highest BCUT2D eigenvalue weighted by atomic mass is 19.4. The Bertz CT molecular complexity index is 781. The van der Waals surface area contributed by atoms with Crippen LogP contribution >= 0.6 is 0 Å². The Kier molecular flexibility index (Phi) is 4.58. The van der Waals surface area contributed by atoms with Crippen molar-refractivity contribution in [2.45, 2.75) is 26.1 Å². The van der Waals surface area contributed by atoms with E-state index in [1.54, 1.807) is 19.1 Å². The predicted octanol–water partition coefficient (Wildman–Crippen LogP) is 3.38. The molecule has 7 heteroatoms. The molecule has 122 valence electrons. The molecule has 1 amide bonds. The number of rotatable bonds is 3. The van der Waals surface area contributed by atoms with Gasteiger partial charge in [-0.2, -0.15) is 13.2 Å². The fourth-order valence-electron chi connectivity index (χ4n) is 2.29. The fourth-order valence-corrected chi connectivity index (χ4v) is 2.29. The molecule has 0 radical (unpaired) electrons. The molecule has 0 bridgehead atoms. The molecule has 2 aromatic rings. The number of amides is 1. The number of carbonyl (C=O) groups is 1. The van der Waals surface area contributed by atoms with Crippen LogP contribution < -0.4 is 10.9 Å². The lowest BCUT2D eigenvalue weighted by atomic mass is 10.1. The molecule has 0 fully saturated rings. The summed E-state index contributed by atoms with van der Waals surface area (Å²) >= 11 is 0. The van der Waals surface area contributed by atoms with Crippen LogP contribution in [0.4, 0.5) is 18.9 Å². The van der Waals surface area contributed by atoms with E-state index in [2.05, 4.69) is 5.32 Å². The summed E-state index contributed by atoms with van der Waals surface area (Å²) in [6.45, 7) is 3.11. The zero-order valence-corrected chi connectivity index (χ0v) is 12.5. The Hall–Kier alpha value is -2.57. The number of carbonyl (C=O) groups excluding carboxylic acids is 1. The second-order valence-electron chi connectivity index (χ2n) is 5.08. The molecular formula is C16H15F3N2O2. The van der Waals surface area contributed by atoms with Gasteiger partial charge in [-0.15, -0.1) is 0 Å². The molecule has 1 unspecified atom stereocenters. The van der Waals surface area contributed by atoms with Crippen LogP contribution in [0.15, 0.2) is 47.3 Å². The number of pyridine rings is 1. The van der Waals surface area contributed by atoms with E-state index in [9.17, 15) is 22.8 Å². The van der Waals surface area contributed by atoms with Crippen LogP contribution in [0, 0.1) is 6.92 Å². The summed E-state index contributed by atoms with van der Waals surface area (Å²) < 4.78 is 40.1. The van der Waals surface area contributed by atoms with Gasteiger partial charge in [0.05, 0.1) is 11.3 Å². The third kappa shape index (κ3) is 3.61. The van der Waals surface area contributed by atoms with Crippen molar-refractivity contribution in [2.24, 2.45) is 0 Å². The number of aromatic nitrogens is 1. The van der Waals surface area contributed by atoms with Gasteiger partial charge in [-0.1, -0.05) is 18.2 Å². The van der Waals surface area contributed by atoms with Gasteiger partial charge < -0.3 is 9.88 Å². The standard InChI is InChI=1S/C16H15F3N2O2/c1-10-6-5-9-14(22)21(10)11(2)15(23)20-13-8-4-3-7-12(13)16(17,18)19/h3-9,11H,1-2H3,(H,20,23). The molecule has 1 N–H and O–H groups in total. The average Bonchev–Trinajstić information content (AvgIpc) is 2.46. The zero-order chi connectivity index (χ0) is 17.2. The number of nitrogens with zero attached hydrogens (tertiary/aromatic N) is 1. The zero-order valence-electron chi connectivity index (χ0n) is 12.5. The van der Waals surface area contributed by atoms with Crippen molar-refractivity contribution in [3.05, 3.63) is 64.1 Å². The van der Waals surface area contributed by atoms with Crippen LogP contribution in [0.25, 0.3) is 0 Å². The highest BCUT2D eigenvalue weighted by Crippen LogP contribution is 2.34. The molecule has 1 aromatic heterocycles. The van der Waals surface area contributed by atoms with Crippen LogP contribution in [0.5, 0.6) is 0 Å². The van der Waals surface area contributed by atoms with Crippen molar-refractivity contribution in [1.82, 2.24) is 4.57 Å². The van der Waals surface area contributed by atoms with Crippen molar-refractivity contribution < 1.29 is 18.0 Å².